The van der Waals surface area contributed by atoms with Crippen LogP contribution in [0.15, 0.2) is 84.9 Å². The number of ketones is 1. The van der Waals surface area contributed by atoms with Gasteiger partial charge in [-0.05, 0) is 48.9 Å². The summed E-state index contributed by atoms with van der Waals surface area (Å²) in [7, 11) is 0. The SMILES string of the molecule is CC1(O)CC(=O)C(C(=O)Nc2ccccc2)C(c2ccc(OCC(=O)N3CCOCC3)cc2)C1C(=O)Nc1ccccc1. The summed E-state index contributed by atoms with van der Waals surface area (Å²) in [6, 6.07) is 24.2. The van der Waals surface area contributed by atoms with Gasteiger partial charge in [0.25, 0.3) is 5.91 Å². The van der Waals surface area contributed by atoms with Crippen LogP contribution in [0.2, 0.25) is 0 Å². The highest BCUT2D eigenvalue weighted by Crippen LogP contribution is 2.47. The van der Waals surface area contributed by atoms with Crippen LogP contribution in [0.1, 0.15) is 24.8 Å². The third-order valence-electron chi connectivity index (χ3n) is 7.91. The van der Waals surface area contributed by atoms with Crippen molar-refractivity contribution in [3.8, 4) is 5.75 Å². The fraction of sp³-hybridized carbons (Fsp3) is 0.333. The van der Waals surface area contributed by atoms with Gasteiger partial charge in [-0.3, -0.25) is 19.2 Å². The summed E-state index contributed by atoms with van der Waals surface area (Å²) in [4.78, 5) is 55.2. The summed E-state index contributed by atoms with van der Waals surface area (Å²) in [6.45, 7) is 3.29. The van der Waals surface area contributed by atoms with E-state index >= 15 is 0 Å². The summed E-state index contributed by atoms with van der Waals surface area (Å²) in [6.07, 6.45) is -0.367. The minimum atomic E-state index is -1.73. The van der Waals surface area contributed by atoms with Crippen LogP contribution in [-0.2, 0) is 23.9 Å². The van der Waals surface area contributed by atoms with E-state index in [0.717, 1.165) is 0 Å². The van der Waals surface area contributed by atoms with Crippen molar-refractivity contribution in [2.45, 2.75) is 24.9 Å². The van der Waals surface area contributed by atoms with Crippen LogP contribution in [-0.4, -0.2) is 72.0 Å². The van der Waals surface area contributed by atoms with Gasteiger partial charge in [-0.15, -0.1) is 0 Å². The second-order valence-electron chi connectivity index (χ2n) is 11.0. The lowest BCUT2D eigenvalue weighted by molar-refractivity contribution is -0.151. The molecule has 10 nitrogen and oxygen atoms in total. The first-order valence-corrected chi connectivity index (χ1v) is 14.3. The molecule has 2 aliphatic rings. The van der Waals surface area contributed by atoms with Gasteiger partial charge in [-0.25, -0.2) is 0 Å². The Balaban J connectivity index is 1.44. The van der Waals surface area contributed by atoms with Crippen LogP contribution in [0.5, 0.6) is 5.75 Å². The number of nitrogens with zero attached hydrogens (tertiary/aromatic N) is 1. The van der Waals surface area contributed by atoms with E-state index in [9.17, 15) is 24.3 Å². The van der Waals surface area contributed by atoms with Gasteiger partial charge < -0.3 is 30.1 Å². The van der Waals surface area contributed by atoms with E-state index in [1.54, 1.807) is 77.7 Å². The van der Waals surface area contributed by atoms with E-state index in [1.165, 1.54) is 6.92 Å². The number of para-hydroxylation sites is 2. The molecule has 4 atom stereocenters. The smallest absolute Gasteiger partial charge is 0.260 e. The summed E-state index contributed by atoms with van der Waals surface area (Å²) in [5.74, 6) is -4.68. The highest BCUT2D eigenvalue weighted by Gasteiger charge is 2.55. The fourth-order valence-corrected chi connectivity index (χ4v) is 5.81. The second-order valence-corrected chi connectivity index (χ2v) is 11.0. The molecule has 10 heteroatoms. The van der Waals surface area contributed by atoms with Crippen molar-refractivity contribution < 1.29 is 33.8 Å². The Morgan fingerprint density at radius 3 is 2.02 bits per heavy atom. The molecule has 1 heterocycles. The molecule has 43 heavy (non-hydrogen) atoms. The van der Waals surface area contributed by atoms with Gasteiger partial charge in [0, 0.05) is 36.8 Å². The van der Waals surface area contributed by atoms with Crippen LogP contribution >= 0.6 is 0 Å². The normalized spacial score (nSPS) is 23.7. The average Bonchev–Trinajstić information content (AvgIpc) is 3.00. The summed E-state index contributed by atoms with van der Waals surface area (Å²) in [5.41, 5.74) is -0.195. The molecule has 1 saturated carbocycles. The number of hydrogen-bond acceptors (Lipinski definition) is 7. The van der Waals surface area contributed by atoms with Crippen molar-refractivity contribution in [1.82, 2.24) is 4.90 Å². The number of morpholine rings is 1. The number of hydrogen-bond donors (Lipinski definition) is 3. The van der Waals surface area contributed by atoms with Gasteiger partial charge in [0.2, 0.25) is 11.8 Å². The number of aliphatic hydroxyl groups is 1. The van der Waals surface area contributed by atoms with Gasteiger partial charge >= 0.3 is 0 Å². The first-order chi connectivity index (χ1) is 20.7. The fourth-order valence-electron chi connectivity index (χ4n) is 5.81. The van der Waals surface area contributed by atoms with Crippen molar-refractivity contribution in [3.63, 3.8) is 0 Å². The molecule has 3 aromatic rings. The maximum Gasteiger partial charge on any atom is 0.260 e. The highest BCUT2D eigenvalue weighted by molar-refractivity contribution is 6.10. The zero-order chi connectivity index (χ0) is 30.4. The number of ether oxygens (including phenoxy) is 2. The van der Waals surface area contributed by atoms with Crippen LogP contribution in [0.25, 0.3) is 0 Å². The van der Waals surface area contributed by atoms with Crippen LogP contribution in [0.3, 0.4) is 0 Å². The number of amides is 3. The van der Waals surface area contributed by atoms with E-state index in [4.69, 9.17) is 9.47 Å². The number of Topliss-reactive ketones (excluding diaryl/α,β-unsaturated/α-hetero) is 1. The zero-order valence-corrected chi connectivity index (χ0v) is 23.9. The molecule has 0 aromatic heterocycles. The monoisotopic (exact) mass is 585 g/mol. The van der Waals surface area contributed by atoms with Crippen molar-refractivity contribution >= 4 is 34.9 Å². The molecule has 3 amide bonds. The van der Waals surface area contributed by atoms with Crippen LogP contribution < -0.4 is 15.4 Å². The molecule has 3 N–H and O–H groups in total. The molecule has 224 valence electrons. The molecule has 0 radical (unpaired) electrons. The Morgan fingerprint density at radius 2 is 1.44 bits per heavy atom. The Bertz CT molecular complexity index is 1440. The predicted octanol–water partition coefficient (Wildman–Crippen LogP) is 3.24. The lowest BCUT2D eigenvalue weighted by Crippen LogP contribution is -2.56. The standard InChI is InChI=1S/C33H35N3O7/c1-33(41)20-26(37)29(31(39)34-23-8-4-2-5-9-23)28(30(33)32(40)35-24-10-6-3-7-11-24)22-12-14-25(15-13-22)43-21-27(38)36-16-18-42-19-17-36/h2-15,28-30,41H,16-21H2,1H3,(H,34,39)(H,35,40). The van der Waals surface area contributed by atoms with Crippen LogP contribution in [0.4, 0.5) is 11.4 Å². The van der Waals surface area contributed by atoms with Gasteiger partial charge in [0.15, 0.2) is 6.61 Å². The van der Waals surface area contributed by atoms with E-state index < -0.39 is 41.0 Å². The molecule has 2 fully saturated rings. The number of carbonyl (C=O) groups excluding carboxylic acids is 4. The maximum atomic E-state index is 13.8. The highest BCUT2D eigenvalue weighted by atomic mass is 16.5. The van der Waals surface area contributed by atoms with Gasteiger partial charge in [0.05, 0.1) is 24.7 Å². The number of nitrogens with one attached hydrogen (secondary N) is 2. The lowest BCUT2D eigenvalue weighted by atomic mass is 9.61. The molecular formula is C33H35N3O7. The van der Waals surface area contributed by atoms with Gasteiger partial charge in [0.1, 0.15) is 17.5 Å². The molecule has 3 aromatic carbocycles. The molecule has 1 aliphatic heterocycles. The molecule has 5 rings (SSSR count). The first kappa shape index (κ1) is 29.9. The number of rotatable bonds is 8. The minimum absolute atomic E-state index is 0.153. The molecule has 0 bridgehead atoms. The van der Waals surface area contributed by atoms with E-state index in [-0.39, 0.29) is 18.9 Å². The Labute approximate surface area is 250 Å². The summed E-state index contributed by atoms with van der Waals surface area (Å²) in [5, 5.41) is 17.2. The van der Waals surface area contributed by atoms with Crippen molar-refractivity contribution in [2.24, 2.45) is 11.8 Å². The molecule has 0 spiro atoms. The quantitative estimate of drug-likeness (QED) is 0.346. The molecule has 1 saturated heterocycles. The van der Waals surface area contributed by atoms with Gasteiger partial charge in [-0.2, -0.15) is 0 Å². The Hall–Kier alpha value is -4.54. The maximum absolute atomic E-state index is 13.8. The average molecular weight is 586 g/mol. The van der Waals surface area contributed by atoms with E-state index in [1.807, 2.05) is 12.1 Å². The lowest BCUT2D eigenvalue weighted by Gasteiger charge is -2.44. The topological polar surface area (TPSA) is 134 Å². The number of carbonyl (C=O) groups is 4. The second kappa shape index (κ2) is 13.2. The van der Waals surface area contributed by atoms with Gasteiger partial charge in [-0.1, -0.05) is 48.5 Å². The third-order valence-corrected chi connectivity index (χ3v) is 7.91. The summed E-state index contributed by atoms with van der Waals surface area (Å²) >= 11 is 0. The summed E-state index contributed by atoms with van der Waals surface area (Å²) < 4.78 is 11.0. The first-order valence-electron chi connectivity index (χ1n) is 14.3. The number of benzene rings is 3. The molecular weight excluding hydrogens is 550 g/mol. The van der Waals surface area contributed by atoms with E-state index in [0.29, 0.717) is 49.0 Å². The van der Waals surface area contributed by atoms with Crippen LogP contribution in [0, 0.1) is 11.8 Å². The van der Waals surface area contributed by atoms with Crippen molar-refractivity contribution in [1.29, 1.82) is 0 Å². The third kappa shape index (κ3) is 7.10. The zero-order valence-electron chi connectivity index (χ0n) is 23.9. The van der Waals surface area contributed by atoms with E-state index in [2.05, 4.69) is 10.6 Å². The molecule has 1 aliphatic carbocycles. The predicted molar refractivity (Wildman–Crippen MR) is 159 cm³/mol. The minimum Gasteiger partial charge on any atom is -0.484 e. The van der Waals surface area contributed by atoms with Crippen molar-refractivity contribution in [2.75, 3.05) is 43.5 Å². The Morgan fingerprint density at radius 1 is 0.884 bits per heavy atom. The Kier molecular flexibility index (Phi) is 9.18. The largest absolute Gasteiger partial charge is 0.484 e. The van der Waals surface area contributed by atoms with Crippen molar-refractivity contribution in [3.05, 3.63) is 90.5 Å². The number of anilines is 2. The molecule has 4 unspecified atom stereocenters.